The molecule has 6 atom stereocenters. The van der Waals surface area contributed by atoms with Gasteiger partial charge in [0.1, 0.15) is 12.4 Å². The van der Waals surface area contributed by atoms with Crippen LogP contribution in [0.5, 0.6) is 5.75 Å². The van der Waals surface area contributed by atoms with Crippen LogP contribution >= 0.6 is 23.2 Å². The third-order valence-electron chi connectivity index (χ3n) is 7.81. The Bertz CT molecular complexity index is 1250. The molecule has 0 aromatic heterocycles. The van der Waals surface area contributed by atoms with Crippen molar-refractivity contribution in [3.63, 3.8) is 0 Å². The van der Waals surface area contributed by atoms with E-state index in [-0.39, 0.29) is 26.1 Å². The minimum Gasteiger partial charge on any atom is -0.491 e. The molecule has 10 nitrogen and oxygen atoms in total. The van der Waals surface area contributed by atoms with E-state index in [0.717, 1.165) is 4.90 Å². The van der Waals surface area contributed by atoms with Gasteiger partial charge in [0.25, 0.3) is 11.8 Å². The average molecular weight is 536 g/mol. The lowest BCUT2D eigenvalue weighted by Crippen LogP contribution is -2.60. The number of allylic oxidation sites excluding steroid dienone is 2. The van der Waals surface area contributed by atoms with Gasteiger partial charge in [-0.25, -0.2) is 4.79 Å². The molecule has 4 aliphatic rings. The highest BCUT2D eigenvalue weighted by atomic mass is 35.5. The number of fused-ring (bicyclic) bond motifs is 4. The maximum atomic E-state index is 13.5. The lowest BCUT2D eigenvalue weighted by Gasteiger charge is -2.51. The molecule has 12 heteroatoms. The Kier molecular flexibility index (Phi) is 5.70. The third kappa shape index (κ3) is 2.98. The van der Waals surface area contributed by atoms with E-state index < -0.39 is 63.1 Å². The van der Waals surface area contributed by atoms with E-state index in [4.69, 9.17) is 33.7 Å². The van der Waals surface area contributed by atoms with Gasteiger partial charge in [-0.3, -0.25) is 24.1 Å². The number of rotatable bonds is 4. The highest BCUT2D eigenvalue weighted by Gasteiger charge is 2.76. The number of carbonyl (C=O) groups excluding carboxylic acids is 5. The third-order valence-corrected chi connectivity index (χ3v) is 9.23. The number of amides is 6. The van der Waals surface area contributed by atoms with Crippen molar-refractivity contribution in [3.8, 4) is 5.75 Å². The summed E-state index contributed by atoms with van der Waals surface area (Å²) in [5.74, 6) is -6.17. The second kappa shape index (κ2) is 8.29. The summed E-state index contributed by atoms with van der Waals surface area (Å²) in [5, 5.41) is 9.30. The predicted molar refractivity (Wildman–Crippen MR) is 126 cm³/mol. The lowest BCUT2D eigenvalue weighted by atomic mass is 9.56. The first kappa shape index (κ1) is 24.7. The highest BCUT2D eigenvalue weighted by molar-refractivity contribution is 6.53. The van der Waals surface area contributed by atoms with E-state index in [1.165, 1.54) is 7.05 Å². The molecule has 0 spiro atoms. The first-order valence-corrected chi connectivity index (χ1v) is 12.2. The molecule has 2 aliphatic carbocycles. The Morgan fingerprint density at radius 2 is 1.83 bits per heavy atom. The summed E-state index contributed by atoms with van der Waals surface area (Å²) in [5.41, 5.74) is 6.32. The number of halogens is 2. The van der Waals surface area contributed by atoms with Crippen molar-refractivity contribution in [1.82, 2.24) is 9.80 Å². The van der Waals surface area contributed by atoms with E-state index in [9.17, 15) is 29.1 Å². The number of alkyl halides is 2. The molecule has 0 bridgehead atoms. The summed E-state index contributed by atoms with van der Waals surface area (Å²) in [6.45, 7) is -0.301. The van der Waals surface area contributed by atoms with Gasteiger partial charge in [-0.2, -0.15) is 4.90 Å². The fourth-order valence-electron chi connectivity index (χ4n) is 6.31. The molecule has 0 radical (unpaired) electrons. The number of nitrogens with two attached hydrogens (primary N) is 1. The second-order valence-electron chi connectivity index (χ2n) is 9.46. The van der Waals surface area contributed by atoms with E-state index in [0.29, 0.717) is 21.8 Å². The van der Waals surface area contributed by atoms with Gasteiger partial charge in [0.2, 0.25) is 11.8 Å². The smallest absolute Gasteiger partial charge is 0.328 e. The Morgan fingerprint density at radius 1 is 1.14 bits per heavy atom. The molecule has 6 amide bonds. The molecule has 1 aromatic rings. The van der Waals surface area contributed by atoms with Crippen LogP contribution in [0.3, 0.4) is 0 Å². The van der Waals surface area contributed by atoms with Crippen LogP contribution in [0.25, 0.3) is 0 Å². The summed E-state index contributed by atoms with van der Waals surface area (Å²) in [7, 11) is 1.29. The summed E-state index contributed by atoms with van der Waals surface area (Å²) < 4.78 is 5.73. The number of benzene rings is 1. The van der Waals surface area contributed by atoms with Crippen LogP contribution in [0, 0.1) is 17.8 Å². The minimum absolute atomic E-state index is 0.0362. The molecule has 0 unspecified atom stereocenters. The van der Waals surface area contributed by atoms with Crippen LogP contribution in [-0.4, -0.2) is 74.6 Å². The van der Waals surface area contributed by atoms with Crippen LogP contribution in [0.2, 0.25) is 0 Å². The maximum Gasteiger partial charge on any atom is 0.328 e. The molecule has 190 valence electrons. The Morgan fingerprint density at radius 3 is 2.50 bits per heavy atom. The zero-order chi connectivity index (χ0) is 26.2. The van der Waals surface area contributed by atoms with Crippen LogP contribution in [0.4, 0.5) is 4.79 Å². The monoisotopic (exact) mass is 535 g/mol. The van der Waals surface area contributed by atoms with Crippen molar-refractivity contribution >= 4 is 52.9 Å². The van der Waals surface area contributed by atoms with Crippen LogP contribution in [-0.2, 0) is 19.2 Å². The molecule has 3 N–H and O–H groups in total. The highest BCUT2D eigenvalue weighted by Crippen LogP contribution is 2.65. The Labute approximate surface area is 215 Å². The molecule has 1 aromatic carbocycles. The molecule has 5 rings (SSSR count). The molecular weight excluding hydrogens is 513 g/mol. The van der Waals surface area contributed by atoms with Crippen molar-refractivity contribution in [1.29, 1.82) is 0 Å². The fraction of sp³-hybridized carbons (Fsp3) is 0.458. The number of aliphatic hydroxyl groups is 1. The summed E-state index contributed by atoms with van der Waals surface area (Å²) in [6.07, 6.45) is 1.66. The number of hydrogen-bond donors (Lipinski definition) is 2. The van der Waals surface area contributed by atoms with Crippen LogP contribution in [0.1, 0.15) is 24.3 Å². The number of aliphatic hydroxyl groups excluding tert-OH is 1. The fourth-order valence-corrected chi connectivity index (χ4v) is 7.32. The van der Waals surface area contributed by atoms with Gasteiger partial charge < -0.3 is 15.6 Å². The molecule has 1 saturated carbocycles. The number of nitrogens with zero attached hydrogens (tertiary/aromatic N) is 2. The average Bonchev–Trinajstić information content (AvgIpc) is 3.18. The zero-order valence-electron chi connectivity index (χ0n) is 19.1. The number of primary amides is 1. The van der Waals surface area contributed by atoms with Crippen molar-refractivity contribution in [3.05, 3.63) is 41.5 Å². The first-order valence-electron chi connectivity index (χ1n) is 11.4. The molecular formula is C24H23Cl2N3O7. The van der Waals surface area contributed by atoms with Crippen molar-refractivity contribution in [2.75, 3.05) is 20.3 Å². The van der Waals surface area contributed by atoms with Gasteiger partial charge in [-0.15, -0.1) is 23.2 Å². The van der Waals surface area contributed by atoms with E-state index in [1.54, 1.807) is 30.3 Å². The largest absolute Gasteiger partial charge is 0.491 e. The molecule has 3 fully saturated rings. The van der Waals surface area contributed by atoms with E-state index in [1.807, 2.05) is 0 Å². The molecule has 36 heavy (non-hydrogen) atoms. The molecule has 2 aliphatic heterocycles. The second-order valence-corrected chi connectivity index (χ2v) is 10.7. The van der Waals surface area contributed by atoms with Crippen molar-refractivity contribution < 1.29 is 33.8 Å². The molecule has 2 saturated heterocycles. The Balaban J connectivity index is 1.73. The zero-order valence-corrected chi connectivity index (χ0v) is 20.7. The SMILES string of the molecule is CN1C(=O)[C@]2(Cl)C[C@@H]3C(=CC[C@@H]4C(=O)N(C(N)=O)C(=O)[C@@H]43)[C@H](c3ccccc3OCCO)[C@]2(Cl)C1=O. The number of carbonyl (C=O) groups is 5. The normalized spacial score (nSPS) is 35.4. The number of urea groups is 1. The predicted octanol–water partition coefficient (Wildman–Crippen LogP) is 1.12. The van der Waals surface area contributed by atoms with Gasteiger partial charge in [0.15, 0.2) is 9.75 Å². The summed E-state index contributed by atoms with van der Waals surface area (Å²) in [6, 6.07) is 5.56. The van der Waals surface area contributed by atoms with Gasteiger partial charge >= 0.3 is 6.03 Å². The minimum atomic E-state index is -1.96. The van der Waals surface area contributed by atoms with Crippen LogP contribution in [0.15, 0.2) is 35.9 Å². The van der Waals surface area contributed by atoms with Gasteiger partial charge in [0.05, 0.1) is 18.4 Å². The summed E-state index contributed by atoms with van der Waals surface area (Å²) >= 11 is 14.1. The topological polar surface area (TPSA) is 147 Å². The van der Waals surface area contributed by atoms with E-state index >= 15 is 0 Å². The van der Waals surface area contributed by atoms with Gasteiger partial charge in [-0.1, -0.05) is 29.8 Å². The van der Waals surface area contributed by atoms with Gasteiger partial charge in [-0.05, 0) is 24.8 Å². The van der Waals surface area contributed by atoms with Crippen LogP contribution < -0.4 is 10.5 Å². The van der Waals surface area contributed by atoms with E-state index in [2.05, 4.69) is 0 Å². The molecule has 2 heterocycles. The van der Waals surface area contributed by atoms with Crippen molar-refractivity contribution in [2.24, 2.45) is 23.5 Å². The number of likely N-dealkylation sites (tertiary alicyclic amines) is 2. The Hall–Kier alpha value is -2.95. The maximum absolute atomic E-state index is 13.5. The number of ether oxygens (including phenoxy) is 1. The van der Waals surface area contributed by atoms with Gasteiger partial charge in [0, 0.05) is 18.5 Å². The number of para-hydroxylation sites is 1. The number of imide groups is 4. The first-order chi connectivity index (χ1) is 17.0. The quantitative estimate of drug-likeness (QED) is 0.333. The van der Waals surface area contributed by atoms with Crippen molar-refractivity contribution in [2.45, 2.75) is 28.5 Å². The number of hydrogen-bond acceptors (Lipinski definition) is 7. The summed E-state index contributed by atoms with van der Waals surface area (Å²) in [4.78, 5) is 62.4. The standard InChI is InChI=1S/C24H23Cl2N3O7/c1-28-20(33)23(25)10-14-11(6-7-13-16(14)19(32)29(18(13)31)22(27)35)17(24(23,26)21(28)34)12-4-2-3-5-15(12)36-9-8-30/h2-6,13-14,16-17,30H,7-10H2,1H3,(H2,27,35)/t13-,14+,16-,17+,23+,24-/m0/s1. The lowest BCUT2D eigenvalue weighted by molar-refractivity contribution is -0.139.